The Morgan fingerprint density at radius 2 is 1.26 bits per heavy atom. The molecule has 3 amide bonds. The van der Waals surface area contributed by atoms with Crippen LogP contribution < -0.4 is 0 Å². The fourth-order valence-corrected chi connectivity index (χ4v) is 7.22. The highest BCUT2D eigenvalue weighted by Gasteiger charge is 2.63. The maximum atomic E-state index is 14.4. The third-order valence-electron chi connectivity index (χ3n) is 8.55. The van der Waals surface area contributed by atoms with Gasteiger partial charge in [-0.05, 0) is 46.0 Å². The van der Waals surface area contributed by atoms with Crippen LogP contribution in [0.2, 0.25) is 10.0 Å². The van der Waals surface area contributed by atoms with Gasteiger partial charge in [-0.2, -0.15) is 5.01 Å². The smallest absolute Gasteiger partial charge is 0.272 e. The normalized spacial score (nSPS) is 21.5. The number of hydrogen-bond donors (Lipinski definition) is 0. The Hall–Kier alpha value is -4.53. The van der Waals surface area contributed by atoms with E-state index in [2.05, 4.69) is 0 Å². The number of nitro groups is 1. The molecule has 4 aromatic rings. The molecule has 0 radical (unpaired) electrons. The molecule has 2 atom stereocenters. The van der Waals surface area contributed by atoms with E-state index in [0.29, 0.717) is 10.6 Å². The number of nitro benzene ring substituents is 1. The minimum absolute atomic E-state index is 0.226. The molecule has 42 heavy (non-hydrogen) atoms. The van der Waals surface area contributed by atoms with Crippen molar-refractivity contribution in [2.24, 2.45) is 11.8 Å². The van der Waals surface area contributed by atoms with Crippen molar-refractivity contribution in [3.8, 4) is 0 Å². The lowest BCUT2D eigenvalue weighted by molar-refractivity contribution is -0.385. The SMILES string of the molecule is O=C(c1ccccc1[N+](=O)[O-])N(Cc1ccc(Cl)c(Cl)c1)N1C(=O)[C@H]2C3c4ccccc4C(c4ccccc43)[C@@H]2C1=O. The van der Waals surface area contributed by atoms with Crippen LogP contribution in [0.3, 0.4) is 0 Å². The fraction of sp³-hybridized carbons (Fsp3) is 0.156. The minimum atomic E-state index is -0.851. The van der Waals surface area contributed by atoms with Crippen molar-refractivity contribution >= 4 is 46.6 Å². The first kappa shape index (κ1) is 26.4. The first-order chi connectivity index (χ1) is 20.3. The monoisotopic (exact) mass is 597 g/mol. The molecule has 1 fully saturated rings. The van der Waals surface area contributed by atoms with E-state index in [4.69, 9.17) is 23.2 Å². The lowest BCUT2D eigenvalue weighted by Gasteiger charge is -2.45. The third kappa shape index (κ3) is 3.79. The average Bonchev–Trinajstić information content (AvgIpc) is 3.27. The van der Waals surface area contributed by atoms with Crippen molar-refractivity contribution in [2.45, 2.75) is 18.4 Å². The van der Waals surface area contributed by atoms with E-state index in [1.807, 2.05) is 48.5 Å². The molecule has 1 saturated heterocycles. The fourth-order valence-electron chi connectivity index (χ4n) is 6.90. The van der Waals surface area contributed by atoms with E-state index in [1.54, 1.807) is 12.1 Å². The first-order valence-corrected chi connectivity index (χ1v) is 14.1. The molecule has 4 aromatic carbocycles. The van der Waals surface area contributed by atoms with Gasteiger partial charge in [0.2, 0.25) is 0 Å². The van der Waals surface area contributed by atoms with Crippen molar-refractivity contribution in [3.63, 3.8) is 0 Å². The number of imide groups is 1. The van der Waals surface area contributed by atoms with Crippen LogP contribution in [0.15, 0.2) is 91.0 Å². The minimum Gasteiger partial charge on any atom is -0.272 e. The summed E-state index contributed by atoms with van der Waals surface area (Å²) in [5, 5.41) is 14.3. The summed E-state index contributed by atoms with van der Waals surface area (Å²) in [4.78, 5) is 54.1. The summed E-state index contributed by atoms with van der Waals surface area (Å²) in [5.74, 6) is -4.10. The van der Waals surface area contributed by atoms with Gasteiger partial charge in [0, 0.05) is 17.9 Å². The van der Waals surface area contributed by atoms with Gasteiger partial charge in [0.1, 0.15) is 5.56 Å². The van der Waals surface area contributed by atoms with Gasteiger partial charge in [0.15, 0.2) is 0 Å². The van der Waals surface area contributed by atoms with Gasteiger partial charge >= 0.3 is 0 Å². The predicted molar refractivity (Wildman–Crippen MR) is 155 cm³/mol. The molecular weight excluding hydrogens is 577 g/mol. The lowest BCUT2D eigenvalue weighted by Crippen LogP contribution is -2.50. The third-order valence-corrected chi connectivity index (χ3v) is 9.29. The molecule has 8 nitrogen and oxygen atoms in total. The molecule has 10 heteroatoms. The first-order valence-electron chi connectivity index (χ1n) is 13.3. The molecule has 8 rings (SSSR count). The number of nitrogens with zero attached hydrogens (tertiary/aromatic N) is 3. The highest BCUT2D eigenvalue weighted by Crippen LogP contribution is 2.61. The number of amides is 3. The van der Waals surface area contributed by atoms with Gasteiger partial charge < -0.3 is 0 Å². The summed E-state index contributed by atoms with van der Waals surface area (Å²) in [7, 11) is 0. The molecule has 0 aromatic heterocycles. The average molecular weight is 598 g/mol. The summed E-state index contributed by atoms with van der Waals surface area (Å²) in [6.07, 6.45) is 0. The van der Waals surface area contributed by atoms with Crippen LogP contribution in [-0.2, 0) is 16.1 Å². The molecule has 0 spiro atoms. The maximum Gasteiger partial charge on any atom is 0.282 e. The number of carbonyl (C=O) groups is 3. The standard InChI is InChI=1S/C32H21Cl2N3O5/c33-23-14-13-17(15-24(23)34)16-35(30(38)22-11-5-6-12-25(22)37(41)42)36-31(39)28-26-18-7-1-2-8-19(18)27(29(28)32(36)40)21-10-4-3-9-20(21)26/h1-15,26-29H,16H2/t26?,27?,28-,29-/m0/s1. The zero-order valence-electron chi connectivity index (χ0n) is 21.8. The van der Waals surface area contributed by atoms with E-state index in [9.17, 15) is 24.5 Å². The molecule has 0 saturated carbocycles. The van der Waals surface area contributed by atoms with E-state index in [-0.39, 0.29) is 29.0 Å². The molecule has 2 bridgehead atoms. The zero-order valence-corrected chi connectivity index (χ0v) is 23.3. The molecule has 208 valence electrons. The number of hydrazine groups is 1. The molecular formula is C32H21Cl2N3O5. The molecule has 3 aliphatic carbocycles. The Bertz CT molecular complexity index is 1730. The van der Waals surface area contributed by atoms with Gasteiger partial charge in [-0.3, -0.25) is 24.5 Å². The number of rotatable bonds is 5. The van der Waals surface area contributed by atoms with Crippen LogP contribution in [0.25, 0.3) is 0 Å². The molecule has 4 aliphatic rings. The van der Waals surface area contributed by atoms with Crippen LogP contribution in [0.4, 0.5) is 5.69 Å². The summed E-state index contributed by atoms with van der Waals surface area (Å²) >= 11 is 12.4. The number of halogens is 2. The van der Waals surface area contributed by atoms with Crippen LogP contribution in [0, 0.1) is 22.0 Å². The van der Waals surface area contributed by atoms with Gasteiger partial charge in [0.25, 0.3) is 23.4 Å². The van der Waals surface area contributed by atoms with Crippen molar-refractivity contribution in [1.82, 2.24) is 10.0 Å². The Morgan fingerprint density at radius 1 is 0.762 bits per heavy atom. The van der Waals surface area contributed by atoms with Crippen LogP contribution in [0.5, 0.6) is 0 Å². The highest BCUT2D eigenvalue weighted by molar-refractivity contribution is 6.42. The largest absolute Gasteiger partial charge is 0.282 e. The van der Waals surface area contributed by atoms with E-state index in [1.165, 1.54) is 30.3 Å². The summed E-state index contributed by atoms with van der Waals surface area (Å²) in [6, 6.07) is 25.8. The summed E-state index contributed by atoms with van der Waals surface area (Å²) in [6.45, 7) is -0.242. The molecule has 1 heterocycles. The molecule has 0 unspecified atom stereocenters. The van der Waals surface area contributed by atoms with Crippen molar-refractivity contribution in [3.05, 3.63) is 145 Å². The van der Waals surface area contributed by atoms with E-state index >= 15 is 0 Å². The lowest BCUT2D eigenvalue weighted by atomic mass is 9.55. The Labute approximate surface area is 250 Å². The van der Waals surface area contributed by atoms with Crippen molar-refractivity contribution < 1.29 is 19.3 Å². The topological polar surface area (TPSA) is 101 Å². The second kappa shape index (κ2) is 9.79. The van der Waals surface area contributed by atoms with E-state index in [0.717, 1.165) is 32.3 Å². The van der Waals surface area contributed by atoms with Gasteiger partial charge in [-0.1, -0.05) is 89.9 Å². The Kier molecular flexibility index (Phi) is 6.15. The number of para-hydroxylation sites is 1. The Morgan fingerprint density at radius 3 is 1.76 bits per heavy atom. The number of carbonyl (C=O) groups excluding carboxylic acids is 3. The maximum absolute atomic E-state index is 14.4. The highest BCUT2D eigenvalue weighted by atomic mass is 35.5. The number of benzene rings is 4. The van der Waals surface area contributed by atoms with Crippen molar-refractivity contribution in [1.29, 1.82) is 0 Å². The quantitative estimate of drug-likeness (QED) is 0.151. The van der Waals surface area contributed by atoms with Crippen LogP contribution in [0.1, 0.15) is 50.0 Å². The second-order valence-corrected chi connectivity index (χ2v) is 11.5. The number of hydrogen-bond acceptors (Lipinski definition) is 5. The molecule has 0 N–H and O–H groups in total. The van der Waals surface area contributed by atoms with Crippen LogP contribution >= 0.6 is 23.2 Å². The van der Waals surface area contributed by atoms with Crippen LogP contribution in [-0.4, -0.2) is 32.7 Å². The van der Waals surface area contributed by atoms with Crippen molar-refractivity contribution in [2.75, 3.05) is 0 Å². The van der Waals surface area contributed by atoms with Gasteiger partial charge in [-0.25, -0.2) is 5.01 Å². The second-order valence-electron chi connectivity index (χ2n) is 10.6. The van der Waals surface area contributed by atoms with Gasteiger partial charge in [0.05, 0.1) is 33.3 Å². The van der Waals surface area contributed by atoms with E-state index < -0.39 is 40.2 Å². The molecule has 1 aliphatic heterocycles. The zero-order chi connectivity index (χ0) is 29.3. The summed E-state index contributed by atoms with van der Waals surface area (Å²) in [5.41, 5.74) is 3.78. The Balaban J connectivity index is 1.37. The summed E-state index contributed by atoms with van der Waals surface area (Å²) < 4.78 is 0. The van der Waals surface area contributed by atoms with Gasteiger partial charge in [-0.15, -0.1) is 0 Å². The predicted octanol–water partition coefficient (Wildman–Crippen LogP) is 6.35.